The first-order valence-electron chi connectivity index (χ1n) is 7.11. The average Bonchev–Trinajstić information content (AvgIpc) is 3.21. The fraction of sp³-hybridized carbons (Fsp3) is 0.800. The smallest absolute Gasteiger partial charge is 0.308 e. The summed E-state index contributed by atoms with van der Waals surface area (Å²) in [6, 6.07) is 2.15. The number of carbonyl (C=O) groups is 2. The molecule has 1 rings (SSSR count). The van der Waals surface area contributed by atoms with Crippen LogP contribution in [0.4, 0.5) is 0 Å². The Kier molecular flexibility index (Phi) is 6.50. The van der Waals surface area contributed by atoms with Crippen LogP contribution in [0.2, 0.25) is 0 Å². The number of carbonyl (C=O) groups excluding carboxylic acids is 2. The van der Waals surface area contributed by atoms with Crippen LogP contribution in [-0.4, -0.2) is 26.2 Å². The maximum Gasteiger partial charge on any atom is 0.308 e. The molecule has 4 atom stereocenters. The molecule has 0 heterocycles. The predicted octanol–water partition coefficient (Wildman–Crippen LogP) is 2.30. The zero-order valence-electron chi connectivity index (χ0n) is 12.4. The summed E-state index contributed by atoms with van der Waals surface area (Å²) in [4.78, 5) is 23.4. The second kappa shape index (κ2) is 7.88. The van der Waals surface area contributed by atoms with Crippen LogP contribution in [0.1, 0.15) is 39.0 Å². The third-order valence-electron chi connectivity index (χ3n) is 4.20. The number of hydrogen-bond acceptors (Lipinski definition) is 5. The maximum absolute atomic E-state index is 11.9. The maximum atomic E-state index is 11.9. The number of rotatable bonds is 8. The van der Waals surface area contributed by atoms with Crippen LogP contribution in [0, 0.1) is 35.0 Å². The highest BCUT2D eigenvalue weighted by Gasteiger charge is 2.46. The van der Waals surface area contributed by atoms with E-state index >= 15 is 0 Å². The van der Waals surface area contributed by atoms with Crippen molar-refractivity contribution in [1.82, 2.24) is 0 Å². The topological polar surface area (TPSA) is 76.4 Å². The molecule has 0 aromatic carbocycles. The van der Waals surface area contributed by atoms with Gasteiger partial charge in [0.25, 0.3) is 0 Å². The van der Waals surface area contributed by atoms with Crippen molar-refractivity contribution in [2.45, 2.75) is 39.0 Å². The fourth-order valence-corrected chi connectivity index (χ4v) is 2.81. The third-order valence-corrected chi connectivity index (χ3v) is 4.20. The van der Waals surface area contributed by atoms with Crippen LogP contribution in [0.3, 0.4) is 0 Å². The molecule has 0 spiro atoms. The molecule has 1 aliphatic rings. The Morgan fingerprint density at radius 2 is 1.90 bits per heavy atom. The summed E-state index contributed by atoms with van der Waals surface area (Å²) in [5.41, 5.74) is 0. The van der Waals surface area contributed by atoms with Crippen molar-refractivity contribution in [1.29, 1.82) is 5.26 Å². The first-order chi connectivity index (χ1) is 9.58. The van der Waals surface area contributed by atoms with E-state index in [0.29, 0.717) is 31.6 Å². The Bertz CT molecular complexity index is 388. The molecule has 1 aliphatic carbocycles. The molecular formula is C15H23NO4. The standard InChI is InChI=1S/C15H23NO4/c1-4-10(14(17)19-2)5-6-12(15(18)20-3)13-9-11(13)7-8-16/h10-13H,4-7,9H2,1-3H3. The minimum Gasteiger partial charge on any atom is -0.469 e. The van der Waals surface area contributed by atoms with E-state index in [1.165, 1.54) is 14.2 Å². The lowest BCUT2D eigenvalue weighted by Crippen LogP contribution is -2.22. The second-order valence-electron chi connectivity index (χ2n) is 5.36. The van der Waals surface area contributed by atoms with Crippen molar-refractivity contribution in [2.24, 2.45) is 23.7 Å². The van der Waals surface area contributed by atoms with Crippen molar-refractivity contribution in [3.63, 3.8) is 0 Å². The molecule has 0 bridgehead atoms. The van der Waals surface area contributed by atoms with Gasteiger partial charge in [0.05, 0.1) is 32.1 Å². The van der Waals surface area contributed by atoms with Crippen LogP contribution < -0.4 is 0 Å². The molecule has 1 fully saturated rings. The first-order valence-corrected chi connectivity index (χ1v) is 7.11. The average molecular weight is 281 g/mol. The van der Waals surface area contributed by atoms with Crippen molar-refractivity contribution in [3.05, 3.63) is 0 Å². The summed E-state index contributed by atoms with van der Waals surface area (Å²) < 4.78 is 9.61. The molecule has 0 aromatic heterocycles. The molecule has 112 valence electrons. The fourth-order valence-electron chi connectivity index (χ4n) is 2.81. The van der Waals surface area contributed by atoms with Gasteiger partial charge in [-0.1, -0.05) is 6.92 Å². The van der Waals surface area contributed by atoms with Gasteiger partial charge in [-0.25, -0.2) is 0 Å². The van der Waals surface area contributed by atoms with Gasteiger partial charge >= 0.3 is 11.9 Å². The summed E-state index contributed by atoms with van der Waals surface area (Å²) in [7, 11) is 2.77. The van der Waals surface area contributed by atoms with E-state index in [1.54, 1.807) is 0 Å². The zero-order chi connectivity index (χ0) is 15.1. The van der Waals surface area contributed by atoms with E-state index in [1.807, 2.05) is 6.92 Å². The normalized spacial score (nSPS) is 23.3. The largest absolute Gasteiger partial charge is 0.469 e. The molecule has 0 saturated heterocycles. The number of nitrogens with zero attached hydrogens (tertiary/aromatic N) is 1. The molecule has 0 aliphatic heterocycles. The highest BCUT2D eigenvalue weighted by Crippen LogP contribution is 2.48. The SMILES string of the molecule is CCC(CCC(C(=O)OC)C1CC1CC#N)C(=O)OC. The number of nitriles is 1. The summed E-state index contributed by atoms with van der Waals surface area (Å²) in [5.74, 6) is -0.271. The van der Waals surface area contributed by atoms with Crippen molar-refractivity contribution in [3.8, 4) is 6.07 Å². The van der Waals surface area contributed by atoms with Gasteiger partial charge in [0.15, 0.2) is 0 Å². The molecular weight excluding hydrogens is 258 g/mol. The lowest BCUT2D eigenvalue weighted by atomic mass is 9.90. The van der Waals surface area contributed by atoms with Gasteiger partial charge in [-0.15, -0.1) is 0 Å². The second-order valence-corrected chi connectivity index (χ2v) is 5.36. The van der Waals surface area contributed by atoms with Gasteiger partial charge in [0, 0.05) is 6.42 Å². The number of methoxy groups -OCH3 is 2. The summed E-state index contributed by atoms with van der Waals surface area (Å²) in [6.07, 6.45) is 3.34. The van der Waals surface area contributed by atoms with Crippen LogP contribution in [0.25, 0.3) is 0 Å². The Labute approximate surface area is 120 Å². The van der Waals surface area contributed by atoms with Crippen molar-refractivity contribution in [2.75, 3.05) is 14.2 Å². The van der Waals surface area contributed by atoms with Gasteiger partial charge in [0.2, 0.25) is 0 Å². The highest BCUT2D eigenvalue weighted by atomic mass is 16.5. The number of hydrogen-bond donors (Lipinski definition) is 0. The van der Waals surface area contributed by atoms with Gasteiger partial charge in [-0.2, -0.15) is 5.26 Å². The Morgan fingerprint density at radius 1 is 1.25 bits per heavy atom. The van der Waals surface area contributed by atoms with E-state index < -0.39 is 0 Å². The lowest BCUT2D eigenvalue weighted by Gasteiger charge is -2.17. The number of ether oxygens (including phenoxy) is 2. The van der Waals surface area contributed by atoms with E-state index in [9.17, 15) is 9.59 Å². The first kappa shape index (κ1) is 16.5. The minimum absolute atomic E-state index is 0.166. The summed E-state index contributed by atoms with van der Waals surface area (Å²) in [5, 5.41) is 8.71. The molecule has 4 unspecified atom stereocenters. The molecule has 1 saturated carbocycles. The van der Waals surface area contributed by atoms with E-state index in [2.05, 4.69) is 6.07 Å². The molecule has 0 aromatic rings. The minimum atomic E-state index is -0.227. The molecule has 5 nitrogen and oxygen atoms in total. The van der Waals surface area contributed by atoms with Gasteiger partial charge in [-0.05, 0) is 37.5 Å². The molecule has 5 heteroatoms. The van der Waals surface area contributed by atoms with E-state index in [4.69, 9.17) is 14.7 Å². The monoisotopic (exact) mass is 281 g/mol. The number of esters is 2. The summed E-state index contributed by atoms with van der Waals surface area (Å²) in [6.45, 7) is 1.93. The third kappa shape index (κ3) is 4.22. The summed E-state index contributed by atoms with van der Waals surface area (Å²) >= 11 is 0. The Morgan fingerprint density at radius 3 is 2.40 bits per heavy atom. The van der Waals surface area contributed by atoms with Gasteiger partial charge < -0.3 is 9.47 Å². The molecule has 0 N–H and O–H groups in total. The Hall–Kier alpha value is -1.57. The Balaban J connectivity index is 2.56. The predicted molar refractivity (Wildman–Crippen MR) is 72.4 cm³/mol. The van der Waals surface area contributed by atoms with Crippen molar-refractivity contribution >= 4 is 11.9 Å². The van der Waals surface area contributed by atoms with Crippen molar-refractivity contribution < 1.29 is 19.1 Å². The highest BCUT2D eigenvalue weighted by molar-refractivity contribution is 5.74. The molecule has 20 heavy (non-hydrogen) atoms. The van der Waals surface area contributed by atoms with Gasteiger partial charge in [0.1, 0.15) is 0 Å². The van der Waals surface area contributed by atoms with Crippen LogP contribution in [-0.2, 0) is 19.1 Å². The zero-order valence-corrected chi connectivity index (χ0v) is 12.4. The van der Waals surface area contributed by atoms with Crippen LogP contribution >= 0.6 is 0 Å². The van der Waals surface area contributed by atoms with E-state index in [-0.39, 0.29) is 29.7 Å². The lowest BCUT2D eigenvalue weighted by molar-refractivity contribution is -0.149. The molecule has 0 radical (unpaired) electrons. The van der Waals surface area contributed by atoms with Gasteiger partial charge in [-0.3, -0.25) is 9.59 Å². The molecule has 0 amide bonds. The quantitative estimate of drug-likeness (QED) is 0.638. The van der Waals surface area contributed by atoms with Crippen LogP contribution in [0.15, 0.2) is 0 Å². The van der Waals surface area contributed by atoms with Crippen LogP contribution in [0.5, 0.6) is 0 Å². The van der Waals surface area contributed by atoms with E-state index in [0.717, 1.165) is 6.42 Å².